The van der Waals surface area contributed by atoms with E-state index in [1.54, 1.807) is 0 Å². The number of rotatable bonds is 3. The second-order valence-electron chi connectivity index (χ2n) is 10.2. The number of fused-ring (bicyclic) bond motifs is 3. The van der Waals surface area contributed by atoms with Gasteiger partial charge in [-0.2, -0.15) is 0 Å². The number of aryl methyl sites for hydroxylation is 2. The van der Waals surface area contributed by atoms with Gasteiger partial charge in [0.25, 0.3) is 0 Å². The Morgan fingerprint density at radius 1 is 1.07 bits per heavy atom. The summed E-state index contributed by atoms with van der Waals surface area (Å²) in [6, 6.07) is 15.3. The van der Waals surface area contributed by atoms with E-state index in [4.69, 9.17) is 0 Å². The Morgan fingerprint density at radius 2 is 1.79 bits per heavy atom. The Balaban J connectivity index is 1.65. The van der Waals surface area contributed by atoms with Crippen molar-refractivity contribution in [2.24, 2.45) is 11.3 Å². The second-order valence-corrected chi connectivity index (χ2v) is 10.2. The standard InChI is InChI=1S/C27H35NO/c1-18(2)20-9-13-23-21(17-20)10-14-24-26(23,4)15-6-16-27(24,5)25(29)28-22-11-7-19(3)8-12-22/h7-9,11-13,17-18,24H,6,10,14-16H2,1-5H3,(H,28,29)/t24-,26-,27-/m1/s1. The molecule has 0 saturated heterocycles. The molecular weight excluding hydrogens is 354 g/mol. The first-order chi connectivity index (χ1) is 13.7. The summed E-state index contributed by atoms with van der Waals surface area (Å²) in [5.41, 5.74) is 6.32. The molecule has 4 rings (SSSR count). The molecule has 0 bridgehead atoms. The van der Waals surface area contributed by atoms with Crippen LogP contribution in [0.15, 0.2) is 42.5 Å². The summed E-state index contributed by atoms with van der Waals surface area (Å²) < 4.78 is 0. The molecule has 2 aliphatic carbocycles. The van der Waals surface area contributed by atoms with Crippen LogP contribution in [0.2, 0.25) is 0 Å². The van der Waals surface area contributed by atoms with Crippen molar-refractivity contribution in [1.29, 1.82) is 0 Å². The van der Waals surface area contributed by atoms with Crippen LogP contribution in [0.4, 0.5) is 5.69 Å². The number of hydrogen-bond donors (Lipinski definition) is 1. The van der Waals surface area contributed by atoms with E-state index in [1.807, 2.05) is 12.1 Å². The van der Waals surface area contributed by atoms with Crippen LogP contribution < -0.4 is 5.32 Å². The first-order valence-corrected chi connectivity index (χ1v) is 11.3. The minimum Gasteiger partial charge on any atom is -0.326 e. The zero-order chi connectivity index (χ0) is 20.8. The van der Waals surface area contributed by atoms with E-state index in [0.717, 1.165) is 31.4 Å². The molecule has 2 nitrogen and oxygen atoms in total. The monoisotopic (exact) mass is 389 g/mol. The third kappa shape index (κ3) is 3.41. The first-order valence-electron chi connectivity index (χ1n) is 11.3. The normalized spacial score (nSPS) is 28.6. The second kappa shape index (κ2) is 7.31. The van der Waals surface area contributed by atoms with Crippen LogP contribution in [-0.4, -0.2) is 5.91 Å². The number of benzene rings is 2. The highest BCUT2D eigenvalue weighted by molar-refractivity contribution is 5.95. The minimum atomic E-state index is -0.327. The van der Waals surface area contributed by atoms with E-state index >= 15 is 0 Å². The van der Waals surface area contributed by atoms with Gasteiger partial charge in [0.2, 0.25) is 5.91 Å². The predicted octanol–water partition coefficient (Wildman–Crippen LogP) is 6.77. The lowest BCUT2D eigenvalue weighted by Crippen LogP contribution is -2.53. The largest absolute Gasteiger partial charge is 0.326 e. The van der Waals surface area contributed by atoms with Gasteiger partial charge in [0.15, 0.2) is 0 Å². The van der Waals surface area contributed by atoms with E-state index < -0.39 is 0 Å². The molecule has 0 aromatic heterocycles. The number of nitrogens with one attached hydrogen (secondary N) is 1. The van der Waals surface area contributed by atoms with E-state index in [2.05, 4.69) is 70.3 Å². The lowest BCUT2D eigenvalue weighted by molar-refractivity contribution is -0.133. The molecule has 0 heterocycles. The van der Waals surface area contributed by atoms with Crippen molar-refractivity contribution in [2.45, 2.75) is 78.1 Å². The summed E-state index contributed by atoms with van der Waals surface area (Å²) in [6.45, 7) is 11.2. The topological polar surface area (TPSA) is 29.1 Å². The molecule has 1 saturated carbocycles. The van der Waals surface area contributed by atoms with Crippen LogP contribution in [0.1, 0.15) is 81.5 Å². The average Bonchev–Trinajstić information content (AvgIpc) is 2.69. The Bertz CT molecular complexity index is 913. The van der Waals surface area contributed by atoms with Crippen LogP contribution in [0, 0.1) is 18.3 Å². The van der Waals surface area contributed by atoms with Gasteiger partial charge in [-0.25, -0.2) is 0 Å². The summed E-state index contributed by atoms with van der Waals surface area (Å²) in [5, 5.41) is 3.24. The van der Waals surface area contributed by atoms with Gasteiger partial charge < -0.3 is 5.32 Å². The average molecular weight is 390 g/mol. The predicted molar refractivity (Wildman–Crippen MR) is 121 cm³/mol. The fraction of sp³-hybridized carbons (Fsp3) is 0.519. The Labute approximate surface area is 176 Å². The van der Waals surface area contributed by atoms with E-state index in [-0.39, 0.29) is 16.7 Å². The smallest absolute Gasteiger partial charge is 0.230 e. The molecule has 1 fully saturated rings. The Hall–Kier alpha value is -2.09. The van der Waals surface area contributed by atoms with Gasteiger partial charge in [-0.05, 0) is 78.7 Å². The van der Waals surface area contributed by atoms with Gasteiger partial charge >= 0.3 is 0 Å². The molecule has 154 valence electrons. The fourth-order valence-electron chi connectivity index (χ4n) is 6.05. The Morgan fingerprint density at radius 3 is 2.48 bits per heavy atom. The maximum Gasteiger partial charge on any atom is 0.230 e. The highest BCUT2D eigenvalue weighted by Crippen LogP contribution is 2.57. The van der Waals surface area contributed by atoms with Gasteiger partial charge in [-0.3, -0.25) is 4.79 Å². The molecule has 0 radical (unpaired) electrons. The van der Waals surface area contributed by atoms with Gasteiger partial charge in [0.05, 0.1) is 5.41 Å². The highest BCUT2D eigenvalue weighted by Gasteiger charge is 2.54. The number of carbonyl (C=O) groups is 1. The molecule has 2 aromatic carbocycles. The van der Waals surface area contributed by atoms with E-state index in [9.17, 15) is 4.79 Å². The number of anilines is 1. The van der Waals surface area contributed by atoms with E-state index in [0.29, 0.717) is 11.8 Å². The molecule has 2 heteroatoms. The molecule has 0 aliphatic heterocycles. The van der Waals surface area contributed by atoms with Crippen LogP contribution >= 0.6 is 0 Å². The van der Waals surface area contributed by atoms with Crippen molar-refractivity contribution in [1.82, 2.24) is 0 Å². The molecule has 29 heavy (non-hydrogen) atoms. The summed E-state index contributed by atoms with van der Waals surface area (Å²) in [7, 11) is 0. The quantitative estimate of drug-likeness (QED) is 0.617. The number of carbonyl (C=O) groups excluding carboxylic acids is 1. The van der Waals surface area contributed by atoms with Gasteiger partial charge in [-0.1, -0.05) is 70.0 Å². The zero-order valence-corrected chi connectivity index (χ0v) is 18.6. The van der Waals surface area contributed by atoms with E-state index in [1.165, 1.54) is 28.7 Å². The van der Waals surface area contributed by atoms with Crippen molar-refractivity contribution >= 4 is 11.6 Å². The maximum absolute atomic E-state index is 13.5. The summed E-state index contributed by atoms with van der Waals surface area (Å²) in [6.07, 6.45) is 5.45. The van der Waals surface area contributed by atoms with Gasteiger partial charge in [0.1, 0.15) is 0 Å². The van der Waals surface area contributed by atoms with Crippen molar-refractivity contribution in [3.05, 3.63) is 64.7 Å². The molecule has 0 unspecified atom stereocenters. The molecular formula is C27H35NO. The molecule has 2 aliphatic rings. The number of amides is 1. The van der Waals surface area contributed by atoms with Crippen LogP contribution in [-0.2, 0) is 16.6 Å². The van der Waals surface area contributed by atoms with Crippen LogP contribution in [0.3, 0.4) is 0 Å². The summed E-state index contributed by atoms with van der Waals surface area (Å²) >= 11 is 0. The maximum atomic E-state index is 13.5. The lowest BCUT2D eigenvalue weighted by Gasteiger charge is -2.54. The zero-order valence-electron chi connectivity index (χ0n) is 18.6. The third-order valence-corrected chi connectivity index (χ3v) is 7.87. The van der Waals surface area contributed by atoms with Crippen molar-refractivity contribution < 1.29 is 4.79 Å². The van der Waals surface area contributed by atoms with Crippen molar-refractivity contribution in [3.63, 3.8) is 0 Å². The summed E-state index contributed by atoms with van der Waals surface area (Å²) in [5.74, 6) is 1.13. The molecule has 3 atom stereocenters. The first kappa shape index (κ1) is 20.2. The molecule has 1 N–H and O–H groups in total. The molecule has 0 spiro atoms. The fourth-order valence-corrected chi connectivity index (χ4v) is 6.05. The van der Waals surface area contributed by atoms with Crippen molar-refractivity contribution in [3.8, 4) is 0 Å². The number of hydrogen-bond acceptors (Lipinski definition) is 1. The minimum absolute atomic E-state index is 0.0840. The van der Waals surface area contributed by atoms with Gasteiger partial charge in [0, 0.05) is 5.69 Å². The highest BCUT2D eigenvalue weighted by atomic mass is 16.2. The molecule has 1 amide bonds. The van der Waals surface area contributed by atoms with Crippen LogP contribution in [0.5, 0.6) is 0 Å². The Kier molecular flexibility index (Phi) is 5.09. The summed E-state index contributed by atoms with van der Waals surface area (Å²) in [4.78, 5) is 13.5. The van der Waals surface area contributed by atoms with Gasteiger partial charge in [-0.15, -0.1) is 0 Å². The SMILES string of the molecule is Cc1ccc(NC(=O)[C@]2(C)CCC[C@]3(C)c4ccc(C(C)C)cc4CC[C@@H]23)cc1. The third-order valence-electron chi connectivity index (χ3n) is 7.87. The molecule has 2 aromatic rings. The lowest BCUT2D eigenvalue weighted by atomic mass is 9.49. The van der Waals surface area contributed by atoms with Crippen molar-refractivity contribution in [2.75, 3.05) is 5.32 Å². The van der Waals surface area contributed by atoms with Crippen LogP contribution in [0.25, 0.3) is 0 Å².